The van der Waals surface area contributed by atoms with Crippen LogP contribution < -0.4 is 4.90 Å². The maximum Gasteiger partial charge on any atom is 0.414 e. The monoisotopic (exact) mass is 384 g/mol. The van der Waals surface area contributed by atoms with Gasteiger partial charge in [-0.15, -0.1) is 10.2 Å². The van der Waals surface area contributed by atoms with Crippen LogP contribution in [0.3, 0.4) is 0 Å². The zero-order chi connectivity index (χ0) is 19.7. The Hall–Kier alpha value is -3.40. The van der Waals surface area contributed by atoms with Gasteiger partial charge in [0, 0.05) is 17.3 Å². The smallest absolute Gasteiger partial charge is 0.414 e. The third-order valence-corrected chi connectivity index (χ3v) is 4.38. The molecule has 2 aromatic heterocycles. The summed E-state index contributed by atoms with van der Waals surface area (Å²) in [4.78, 5) is 18.9. The largest absolute Gasteiger partial charge is 0.441 e. The average molecular weight is 384 g/mol. The number of benzene rings is 1. The summed E-state index contributed by atoms with van der Waals surface area (Å²) in [7, 11) is 0. The van der Waals surface area contributed by atoms with Crippen molar-refractivity contribution in [2.75, 3.05) is 18.1 Å². The lowest BCUT2D eigenvalue weighted by molar-refractivity contribution is 0.0963. The summed E-state index contributed by atoms with van der Waals surface area (Å²) in [5.74, 6) is -0.0995. The van der Waals surface area contributed by atoms with E-state index in [2.05, 4.69) is 20.4 Å². The van der Waals surface area contributed by atoms with E-state index in [-0.39, 0.29) is 13.2 Å². The summed E-state index contributed by atoms with van der Waals surface area (Å²) in [6, 6.07) is 7.88. The second-order valence-electron chi connectivity index (χ2n) is 6.20. The molecule has 0 radical (unpaired) electrons. The van der Waals surface area contributed by atoms with Crippen molar-refractivity contribution >= 4 is 11.8 Å². The fourth-order valence-corrected chi connectivity index (χ4v) is 2.90. The Kier molecular flexibility index (Phi) is 4.70. The first-order valence-corrected chi connectivity index (χ1v) is 8.72. The van der Waals surface area contributed by atoms with E-state index in [1.165, 1.54) is 22.0 Å². The minimum absolute atomic E-state index is 0.176. The highest BCUT2D eigenvalue weighted by Gasteiger charge is 2.32. The number of amides is 1. The van der Waals surface area contributed by atoms with Crippen LogP contribution in [0.2, 0.25) is 0 Å². The summed E-state index contributed by atoms with van der Waals surface area (Å²) in [6.07, 6.45) is 0.322. The third-order valence-electron chi connectivity index (χ3n) is 4.38. The summed E-state index contributed by atoms with van der Waals surface area (Å²) in [5, 5.41) is 21.1. The number of tetrazole rings is 1. The van der Waals surface area contributed by atoms with Gasteiger partial charge in [-0.1, -0.05) is 6.07 Å². The van der Waals surface area contributed by atoms with Gasteiger partial charge in [-0.3, -0.25) is 9.88 Å². The van der Waals surface area contributed by atoms with Gasteiger partial charge in [0.2, 0.25) is 5.82 Å². The summed E-state index contributed by atoms with van der Waals surface area (Å²) < 4.78 is 19.7. The fraction of sp³-hybridized carbons (Fsp3) is 0.278. The molecule has 1 unspecified atom stereocenters. The van der Waals surface area contributed by atoms with Gasteiger partial charge in [-0.05, 0) is 36.4 Å². The molecule has 1 saturated heterocycles. The van der Waals surface area contributed by atoms with Gasteiger partial charge < -0.3 is 9.84 Å². The number of cyclic esters (lactones) is 1. The van der Waals surface area contributed by atoms with Gasteiger partial charge in [0.15, 0.2) is 0 Å². The van der Waals surface area contributed by atoms with Crippen LogP contribution in [0.15, 0.2) is 36.5 Å². The second-order valence-corrected chi connectivity index (χ2v) is 6.20. The van der Waals surface area contributed by atoms with E-state index in [1.54, 1.807) is 24.3 Å². The standard InChI is InChI=1S/C18H17FN6O3/c1-2-25-22-17(21-23-25)16-6-3-11(8-20-16)14-5-4-12(7-15(14)19)24-9-13(10-26)28-18(24)27/h3-8,13,26H,2,9-10H2,1H3. The van der Waals surface area contributed by atoms with Crippen LogP contribution in [0.5, 0.6) is 0 Å². The number of aromatic nitrogens is 5. The van der Waals surface area contributed by atoms with Crippen molar-refractivity contribution < 1.29 is 19.0 Å². The number of hydrogen-bond donors (Lipinski definition) is 1. The first-order valence-electron chi connectivity index (χ1n) is 8.72. The molecule has 1 fully saturated rings. The number of rotatable bonds is 5. The molecule has 1 aliphatic heterocycles. The van der Waals surface area contributed by atoms with Gasteiger partial charge in [0.05, 0.1) is 25.4 Å². The van der Waals surface area contributed by atoms with Crippen LogP contribution >= 0.6 is 0 Å². The molecule has 0 aliphatic carbocycles. The minimum Gasteiger partial charge on any atom is -0.441 e. The van der Waals surface area contributed by atoms with Crippen molar-refractivity contribution in [3.05, 3.63) is 42.3 Å². The lowest BCUT2D eigenvalue weighted by atomic mass is 10.1. The highest BCUT2D eigenvalue weighted by atomic mass is 19.1. The maximum absolute atomic E-state index is 14.7. The van der Waals surface area contributed by atoms with E-state index in [4.69, 9.17) is 9.84 Å². The highest BCUT2D eigenvalue weighted by Crippen LogP contribution is 2.29. The normalized spacial score (nSPS) is 16.5. The number of aliphatic hydroxyl groups excluding tert-OH is 1. The number of aryl methyl sites for hydroxylation is 1. The number of nitrogens with zero attached hydrogens (tertiary/aromatic N) is 6. The maximum atomic E-state index is 14.7. The molecule has 28 heavy (non-hydrogen) atoms. The molecule has 3 heterocycles. The van der Waals surface area contributed by atoms with E-state index in [0.29, 0.717) is 34.9 Å². The zero-order valence-corrected chi connectivity index (χ0v) is 15.0. The highest BCUT2D eigenvalue weighted by molar-refractivity contribution is 5.90. The molecule has 1 aromatic carbocycles. The fourth-order valence-electron chi connectivity index (χ4n) is 2.90. The Bertz CT molecular complexity index is 1010. The molecule has 1 aliphatic rings. The molecule has 0 spiro atoms. The number of hydrogen-bond acceptors (Lipinski definition) is 7. The van der Waals surface area contributed by atoms with Crippen LogP contribution in [0, 0.1) is 5.82 Å². The van der Waals surface area contributed by atoms with Gasteiger partial charge in [0.25, 0.3) is 0 Å². The molecule has 1 N–H and O–H groups in total. The van der Waals surface area contributed by atoms with Crippen molar-refractivity contribution in [3.63, 3.8) is 0 Å². The van der Waals surface area contributed by atoms with Crippen molar-refractivity contribution in [3.8, 4) is 22.6 Å². The van der Waals surface area contributed by atoms with E-state index >= 15 is 0 Å². The molecule has 9 nitrogen and oxygen atoms in total. The van der Waals surface area contributed by atoms with Gasteiger partial charge in [-0.25, -0.2) is 9.18 Å². The molecule has 1 amide bonds. The van der Waals surface area contributed by atoms with Crippen LogP contribution in [0.4, 0.5) is 14.9 Å². The molecule has 1 atom stereocenters. The number of aliphatic hydroxyl groups is 1. The topological polar surface area (TPSA) is 106 Å². The van der Waals surface area contributed by atoms with Gasteiger partial charge >= 0.3 is 6.09 Å². The molecule has 4 rings (SSSR count). The summed E-state index contributed by atoms with van der Waals surface area (Å²) >= 11 is 0. The number of ether oxygens (including phenoxy) is 1. The van der Waals surface area contributed by atoms with E-state index in [1.807, 2.05) is 6.92 Å². The second kappa shape index (κ2) is 7.31. The minimum atomic E-state index is -0.607. The number of halogens is 1. The Labute approximate surface area is 159 Å². The predicted molar refractivity (Wildman–Crippen MR) is 96.8 cm³/mol. The number of anilines is 1. The SMILES string of the molecule is CCn1nnc(-c2ccc(-c3ccc(N4CC(CO)OC4=O)cc3F)cn2)n1. The van der Waals surface area contributed by atoms with Crippen LogP contribution in [-0.2, 0) is 11.3 Å². The molecular weight excluding hydrogens is 367 g/mol. The lowest BCUT2D eigenvalue weighted by Crippen LogP contribution is -2.25. The molecule has 144 valence electrons. The first kappa shape index (κ1) is 18.0. The van der Waals surface area contributed by atoms with Crippen molar-refractivity contribution in [2.24, 2.45) is 0 Å². The van der Waals surface area contributed by atoms with E-state index in [9.17, 15) is 9.18 Å². The molecule has 0 bridgehead atoms. The van der Waals surface area contributed by atoms with Crippen LogP contribution in [-0.4, -0.2) is 55.6 Å². The Balaban J connectivity index is 1.57. The predicted octanol–water partition coefficient (Wildman–Crippen LogP) is 1.88. The molecule has 3 aromatic rings. The molecular formula is C18H17FN6O3. The first-order chi connectivity index (χ1) is 13.6. The van der Waals surface area contributed by atoms with Crippen molar-refractivity contribution in [2.45, 2.75) is 19.6 Å². The van der Waals surface area contributed by atoms with Gasteiger partial charge in [0.1, 0.15) is 17.6 Å². The number of carbonyl (C=O) groups excluding carboxylic acids is 1. The van der Waals surface area contributed by atoms with Crippen LogP contribution in [0.25, 0.3) is 22.6 Å². The average Bonchev–Trinajstić information content (AvgIpc) is 3.34. The Morgan fingerprint density at radius 3 is 2.79 bits per heavy atom. The zero-order valence-electron chi connectivity index (χ0n) is 15.0. The Morgan fingerprint density at radius 1 is 1.32 bits per heavy atom. The van der Waals surface area contributed by atoms with E-state index < -0.39 is 18.0 Å². The van der Waals surface area contributed by atoms with Crippen LogP contribution in [0.1, 0.15) is 6.92 Å². The van der Waals surface area contributed by atoms with Gasteiger partial charge in [-0.2, -0.15) is 4.80 Å². The van der Waals surface area contributed by atoms with Crippen molar-refractivity contribution in [1.82, 2.24) is 25.2 Å². The number of carbonyl (C=O) groups is 1. The lowest BCUT2D eigenvalue weighted by Gasteiger charge is -2.14. The van der Waals surface area contributed by atoms with E-state index in [0.717, 1.165) is 0 Å². The summed E-state index contributed by atoms with van der Waals surface area (Å²) in [6.45, 7) is 2.41. The van der Waals surface area contributed by atoms with Crippen molar-refractivity contribution in [1.29, 1.82) is 0 Å². The Morgan fingerprint density at radius 2 is 2.18 bits per heavy atom. The third kappa shape index (κ3) is 3.29. The molecule has 10 heteroatoms. The molecule has 0 saturated carbocycles. The quantitative estimate of drug-likeness (QED) is 0.716. The summed E-state index contributed by atoms with van der Waals surface area (Å²) in [5.41, 5.74) is 1.83. The number of pyridine rings is 1.